The first kappa shape index (κ1) is 18.0. The van der Waals surface area contributed by atoms with Gasteiger partial charge < -0.3 is 5.32 Å². The van der Waals surface area contributed by atoms with Crippen molar-refractivity contribution in [3.63, 3.8) is 0 Å². The first-order chi connectivity index (χ1) is 14.8. The lowest BCUT2D eigenvalue weighted by Crippen LogP contribution is -2.04. The molecular weight excluding hydrogens is 377 g/mol. The van der Waals surface area contributed by atoms with Crippen molar-refractivity contribution in [1.82, 2.24) is 19.5 Å². The number of aromatic nitrogens is 4. The van der Waals surface area contributed by atoms with Crippen LogP contribution in [0.25, 0.3) is 16.9 Å². The molecule has 0 fully saturated rings. The summed E-state index contributed by atoms with van der Waals surface area (Å²) >= 11 is 0. The largest absolute Gasteiger partial charge is 0.323 e. The Morgan fingerprint density at radius 2 is 1.50 bits per heavy atom. The zero-order chi connectivity index (χ0) is 20.3. The lowest BCUT2D eigenvalue weighted by atomic mass is 10.1. The maximum atomic E-state index is 14.2. The minimum atomic E-state index is -0.347. The molecule has 2 heterocycles. The predicted octanol–water partition coefficient (Wildman–Crippen LogP) is 5.29. The van der Waals surface area contributed by atoms with Crippen molar-refractivity contribution in [2.24, 2.45) is 0 Å². The smallest absolute Gasteiger partial charge is 0.214 e. The van der Waals surface area contributed by atoms with Gasteiger partial charge in [0.05, 0.1) is 17.6 Å². The number of anilines is 2. The fourth-order valence-corrected chi connectivity index (χ4v) is 3.36. The van der Waals surface area contributed by atoms with Crippen molar-refractivity contribution >= 4 is 22.8 Å². The Morgan fingerprint density at radius 1 is 0.800 bits per heavy atom. The summed E-state index contributed by atoms with van der Waals surface area (Å²) < 4.78 is 16.1. The molecule has 0 atom stereocenters. The van der Waals surface area contributed by atoms with Crippen molar-refractivity contribution in [2.45, 2.75) is 6.42 Å². The van der Waals surface area contributed by atoms with E-state index in [2.05, 4.69) is 15.3 Å². The second-order valence-corrected chi connectivity index (χ2v) is 6.87. The Kier molecular flexibility index (Phi) is 4.65. The monoisotopic (exact) mass is 395 g/mol. The van der Waals surface area contributed by atoms with E-state index < -0.39 is 0 Å². The van der Waals surface area contributed by atoms with Crippen molar-refractivity contribution < 1.29 is 4.39 Å². The zero-order valence-corrected chi connectivity index (χ0v) is 16.0. The van der Waals surface area contributed by atoms with E-state index in [0.29, 0.717) is 35.0 Å². The number of hydrogen-bond acceptors (Lipinski definition) is 4. The zero-order valence-electron chi connectivity index (χ0n) is 16.0. The van der Waals surface area contributed by atoms with Crippen LogP contribution in [0.3, 0.4) is 0 Å². The summed E-state index contributed by atoms with van der Waals surface area (Å²) in [5.41, 5.74) is 3.66. The molecule has 0 bridgehead atoms. The molecule has 3 aromatic carbocycles. The van der Waals surface area contributed by atoms with Crippen LogP contribution in [0.4, 0.5) is 16.0 Å². The van der Waals surface area contributed by atoms with E-state index in [1.165, 1.54) is 6.07 Å². The summed E-state index contributed by atoms with van der Waals surface area (Å²) in [7, 11) is 0. The van der Waals surface area contributed by atoms with Crippen LogP contribution in [-0.2, 0) is 6.42 Å². The van der Waals surface area contributed by atoms with Crippen LogP contribution in [0.5, 0.6) is 0 Å². The molecule has 0 aliphatic carbocycles. The molecule has 146 valence electrons. The van der Waals surface area contributed by atoms with E-state index in [-0.39, 0.29) is 5.82 Å². The molecule has 0 spiro atoms. The van der Waals surface area contributed by atoms with Crippen LogP contribution in [0.1, 0.15) is 11.4 Å². The summed E-state index contributed by atoms with van der Waals surface area (Å²) in [6.07, 6.45) is 2.33. The highest BCUT2D eigenvalue weighted by Gasteiger charge is 2.16. The summed E-state index contributed by atoms with van der Waals surface area (Å²) in [6, 6.07) is 26.4. The Labute approximate surface area is 172 Å². The number of rotatable bonds is 5. The fraction of sp³-hybridized carbons (Fsp3) is 0.0417. The average molecular weight is 395 g/mol. The summed E-state index contributed by atoms with van der Waals surface area (Å²) in [5, 5.41) is 3.11. The number of halogens is 1. The van der Waals surface area contributed by atoms with Crippen LogP contribution in [0.2, 0.25) is 0 Å². The highest BCUT2D eigenvalue weighted by atomic mass is 19.1. The first-order valence-corrected chi connectivity index (χ1v) is 9.63. The van der Waals surface area contributed by atoms with Gasteiger partial charge in [0.15, 0.2) is 5.65 Å². The molecule has 2 aromatic heterocycles. The Hall–Kier alpha value is -4.06. The molecule has 5 rings (SSSR count). The van der Waals surface area contributed by atoms with Gasteiger partial charge >= 0.3 is 0 Å². The van der Waals surface area contributed by atoms with Crippen LogP contribution in [-0.4, -0.2) is 19.5 Å². The number of nitrogens with zero attached hydrogens (tertiary/aromatic N) is 4. The number of nitrogens with one attached hydrogen (secondary N) is 1. The van der Waals surface area contributed by atoms with E-state index in [1.807, 2.05) is 65.2 Å². The maximum absolute atomic E-state index is 14.2. The molecule has 0 amide bonds. The Bertz CT molecular complexity index is 1300. The van der Waals surface area contributed by atoms with Gasteiger partial charge in [0.1, 0.15) is 17.2 Å². The fourth-order valence-electron chi connectivity index (χ4n) is 3.36. The second kappa shape index (κ2) is 7.75. The molecule has 0 unspecified atom stereocenters. The van der Waals surface area contributed by atoms with Gasteiger partial charge in [-0.15, -0.1) is 0 Å². The predicted molar refractivity (Wildman–Crippen MR) is 116 cm³/mol. The van der Waals surface area contributed by atoms with Gasteiger partial charge in [0, 0.05) is 6.42 Å². The summed E-state index contributed by atoms with van der Waals surface area (Å²) in [6.45, 7) is 0. The third-order valence-corrected chi connectivity index (χ3v) is 4.79. The van der Waals surface area contributed by atoms with Gasteiger partial charge in [-0.25, -0.2) is 19.3 Å². The van der Waals surface area contributed by atoms with Crippen LogP contribution in [0, 0.1) is 5.82 Å². The molecule has 0 saturated heterocycles. The first-order valence-electron chi connectivity index (χ1n) is 9.63. The highest BCUT2D eigenvalue weighted by Crippen LogP contribution is 2.27. The van der Waals surface area contributed by atoms with E-state index >= 15 is 0 Å². The molecule has 0 radical (unpaired) electrons. The van der Waals surface area contributed by atoms with Crippen LogP contribution < -0.4 is 5.32 Å². The molecule has 0 saturated carbocycles. The minimum Gasteiger partial charge on any atom is -0.323 e. The van der Waals surface area contributed by atoms with Gasteiger partial charge in [-0.3, -0.25) is 4.57 Å². The van der Waals surface area contributed by atoms with Crippen molar-refractivity contribution in [1.29, 1.82) is 0 Å². The second-order valence-electron chi connectivity index (χ2n) is 6.87. The normalized spacial score (nSPS) is 11.0. The lowest BCUT2D eigenvalue weighted by molar-refractivity contribution is 0.631. The van der Waals surface area contributed by atoms with E-state index in [0.717, 1.165) is 11.3 Å². The number of imidazole rings is 1. The maximum Gasteiger partial charge on any atom is 0.214 e. The van der Waals surface area contributed by atoms with Gasteiger partial charge in [-0.2, -0.15) is 0 Å². The van der Waals surface area contributed by atoms with Crippen molar-refractivity contribution in [2.75, 3.05) is 5.32 Å². The third-order valence-electron chi connectivity index (χ3n) is 4.79. The number of fused-ring (bicyclic) bond motifs is 1. The number of hydrogen-bond donors (Lipinski definition) is 1. The van der Waals surface area contributed by atoms with Gasteiger partial charge in [0.2, 0.25) is 5.95 Å². The van der Waals surface area contributed by atoms with E-state index in [4.69, 9.17) is 4.98 Å². The standard InChI is InChI=1S/C24H18FN5/c25-19-13-7-8-14-20(19)27-24-28-21-16-26-22(15-17-9-3-1-4-10-17)29-23(21)30(24)18-11-5-2-6-12-18/h1-14,16H,15H2,(H,27,28). The molecule has 0 aliphatic rings. The molecule has 6 heteroatoms. The molecule has 5 aromatic rings. The lowest BCUT2D eigenvalue weighted by Gasteiger charge is -2.11. The molecule has 30 heavy (non-hydrogen) atoms. The number of para-hydroxylation sites is 2. The van der Waals surface area contributed by atoms with Crippen molar-refractivity contribution in [3.8, 4) is 5.69 Å². The Morgan fingerprint density at radius 3 is 2.27 bits per heavy atom. The minimum absolute atomic E-state index is 0.347. The third kappa shape index (κ3) is 3.51. The van der Waals surface area contributed by atoms with Crippen molar-refractivity contribution in [3.05, 3.63) is 108 Å². The Balaban J connectivity index is 1.63. The topological polar surface area (TPSA) is 55.6 Å². The average Bonchev–Trinajstić information content (AvgIpc) is 3.14. The van der Waals surface area contributed by atoms with Gasteiger partial charge in [0.25, 0.3) is 0 Å². The van der Waals surface area contributed by atoms with Crippen LogP contribution in [0.15, 0.2) is 91.1 Å². The van der Waals surface area contributed by atoms with E-state index in [1.54, 1.807) is 24.4 Å². The molecule has 1 N–H and O–H groups in total. The highest BCUT2D eigenvalue weighted by molar-refractivity contribution is 5.78. The summed E-state index contributed by atoms with van der Waals surface area (Å²) in [4.78, 5) is 13.9. The number of benzene rings is 3. The van der Waals surface area contributed by atoms with Gasteiger partial charge in [-0.1, -0.05) is 60.7 Å². The quantitative estimate of drug-likeness (QED) is 0.439. The molecule has 0 aliphatic heterocycles. The van der Waals surface area contributed by atoms with E-state index in [9.17, 15) is 4.39 Å². The molecular formula is C24H18FN5. The molecule has 5 nitrogen and oxygen atoms in total. The van der Waals surface area contributed by atoms with Gasteiger partial charge in [-0.05, 0) is 29.8 Å². The summed E-state index contributed by atoms with van der Waals surface area (Å²) in [5.74, 6) is 0.829. The van der Waals surface area contributed by atoms with Crippen LogP contribution >= 0.6 is 0 Å². The SMILES string of the molecule is Fc1ccccc1Nc1nc2cnc(Cc3ccccc3)nc2n1-c1ccccc1.